The smallest absolute Gasteiger partial charge is 0.417 e. The van der Waals surface area contributed by atoms with E-state index in [1.165, 1.54) is 12.1 Å². The van der Waals surface area contributed by atoms with Crippen LogP contribution in [-0.2, 0) is 6.18 Å². The first-order valence-corrected chi connectivity index (χ1v) is 6.79. The predicted molar refractivity (Wildman–Crippen MR) is 77.3 cm³/mol. The van der Waals surface area contributed by atoms with Crippen LogP contribution >= 0.6 is 11.6 Å². The highest BCUT2D eigenvalue weighted by Crippen LogP contribution is 2.41. The highest BCUT2D eigenvalue weighted by Gasteiger charge is 2.35. The quantitative estimate of drug-likeness (QED) is 0.632. The third kappa shape index (κ3) is 4.30. The van der Waals surface area contributed by atoms with E-state index in [1.54, 1.807) is 0 Å². The van der Waals surface area contributed by atoms with Gasteiger partial charge in [0.05, 0.1) is 10.6 Å². The van der Waals surface area contributed by atoms with E-state index in [1.807, 2.05) is 20.8 Å². The summed E-state index contributed by atoms with van der Waals surface area (Å²) in [6.45, 7) is 6.01. The van der Waals surface area contributed by atoms with E-state index in [9.17, 15) is 13.2 Å². The Morgan fingerprint density at radius 1 is 1.20 bits per heavy atom. The van der Waals surface area contributed by atoms with Crippen molar-refractivity contribution in [1.82, 2.24) is 0 Å². The van der Waals surface area contributed by atoms with Crippen LogP contribution < -0.4 is 4.74 Å². The maximum absolute atomic E-state index is 12.6. The van der Waals surface area contributed by atoms with Gasteiger partial charge in [-0.2, -0.15) is 13.2 Å². The summed E-state index contributed by atoms with van der Waals surface area (Å²) in [5, 5.41) is -0.348. The zero-order chi connectivity index (χ0) is 14.6. The molecule has 0 N–H and O–H groups in total. The van der Waals surface area contributed by atoms with Crippen molar-refractivity contribution in [3.63, 3.8) is 0 Å². The normalized spacial score (nSPS) is 20.9. The second-order valence-electron chi connectivity index (χ2n) is 4.33. The van der Waals surface area contributed by atoms with Gasteiger partial charge < -0.3 is 4.74 Å². The van der Waals surface area contributed by atoms with Gasteiger partial charge in [-0.15, -0.1) is 0 Å². The molecule has 0 bridgehead atoms. The Morgan fingerprint density at radius 3 is 2.20 bits per heavy atom. The Labute approximate surface area is 124 Å². The van der Waals surface area contributed by atoms with Gasteiger partial charge in [0, 0.05) is 0 Å². The summed E-state index contributed by atoms with van der Waals surface area (Å²) in [7, 11) is 0. The molecule has 1 aromatic carbocycles. The van der Waals surface area contributed by atoms with Crippen LogP contribution in [0.5, 0.6) is 5.75 Å². The lowest BCUT2D eigenvalue weighted by molar-refractivity contribution is -0.137. The Hall–Kier alpha value is -0.900. The first-order chi connectivity index (χ1) is 8.89. The Kier molecular flexibility index (Phi) is 7.42. The van der Waals surface area contributed by atoms with Crippen molar-refractivity contribution >= 4 is 11.6 Å². The van der Waals surface area contributed by atoms with Crippen LogP contribution in [0.2, 0.25) is 5.02 Å². The van der Waals surface area contributed by atoms with Crippen LogP contribution in [0.3, 0.4) is 0 Å². The number of hydrogen-bond acceptors (Lipinski definition) is 1. The van der Waals surface area contributed by atoms with Crippen LogP contribution in [0, 0.1) is 5.92 Å². The standard InChI is InChI=1S/C12H12ClF3O.C2H6.CH4/c1-7-5-6-9(7)17-10-4-2-3-8(11(10)13)12(14,15)16;1-2;/h2-4,7,9H,5-6H2,1H3;1-2H3;1H4/t7-,9-;;/m1../s1. The molecule has 0 aromatic heterocycles. The van der Waals surface area contributed by atoms with Gasteiger partial charge in [0.1, 0.15) is 11.9 Å². The van der Waals surface area contributed by atoms with Gasteiger partial charge in [-0.05, 0) is 30.9 Å². The molecule has 0 aliphatic heterocycles. The lowest BCUT2D eigenvalue weighted by atomic mass is 9.83. The van der Waals surface area contributed by atoms with Crippen molar-refractivity contribution in [3.8, 4) is 5.75 Å². The van der Waals surface area contributed by atoms with Crippen LogP contribution in [0.15, 0.2) is 18.2 Å². The monoisotopic (exact) mass is 310 g/mol. The van der Waals surface area contributed by atoms with E-state index in [-0.39, 0.29) is 24.3 Å². The Morgan fingerprint density at radius 2 is 1.80 bits per heavy atom. The highest BCUT2D eigenvalue weighted by atomic mass is 35.5. The van der Waals surface area contributed by atoms with E-state index in [0.717, 1.165) is 18.9 Å². The molecule has 1 nitrogen and oxygen atoms in total. The van der Waals surface area contributed by atoms with Crippen molar-refractivity contribution in [2.75, 3.05) is 0 Å². The molecule has 0 saturated heterocycles. The molecule has 116 valence electrons. The summed E-state index contributed by atoms with van der Waals surface area (Å²) >= 11 is 5.72. The van der Waals surface area contributed by atoms with Gasteiger partial charge in [-0.3, -0.25) is 0 Å². The Balaban J connectivity index is 0.00000115. The summed E-state index contributed by atoms with van der Waals surface area (Å²) in [5.74, 6) is 0.499. The lowest BCUT2D eigenvalue weighted by Gasteiger charge is -2.34. The maximum atomic E-state index is 12.6. The molecule has 0 spiro atoms. The highest BCUT2D eigenvalue weighted by molar-refractivity contribution is 6.32. The first-order valence-electron chi connectivity index (χ1n) is 6.42. The molecule has 20 heavy (non-hydrogen) atoms. The summed E-state index contributed by atoms with van der Waals surface area (Å²) in [5.41, 5.74) is -0.844. The van der Waals surface area contributed by atoms with Crippen LogP contribution in [-0.4, -0.2) is 6.10 Å². The number of rotatable bonds is 2. The van der Waals surface area contributed by atoms with E-state index >= 15 is 0 Å². The number of halogens is 4. The lowest BCUT2D eigenvalue weighted by Crippen LogP contribution is -2.34. The SMILES string of the molecule is C.CC.C[C@@H]1CC[C@H]1Oc1cccc(C(F)(F)F)c1Cl. The minimum atomic E-state index is -4.44. The van der Waals surface area contributed by atoms with E-state index in [2.05, 4.69) is 0 Å². The maximum Gasteiger partial charge on any atom is 0.417 e. The topological polar surface area (TPSA) is 9.23 Å². The number of benzene rings is 1. The van der Waals surface area contributed by atoms with Crippen molar-refractivity contribution in [1.29, 1.82) is 0 Å². The molecule has 1 aromatic rings. The summed E-state index contributed by atoms with van der Waals surface area (Å²) in [6, 6.07) is 3.75. The second-order valence-corrected chi connectivity index (χ2v) is 4.70. The predicted octanol–water partition coefficient (Wildman–Crippen LogP) is 6.20. The molecule has 0 heterocycles. The van der Waals surface area contributed by atoms with Crippen LogP contribution in [0.25, 0.3) is 0 Å². The van der Waals surface area contributed by atoms with Crippen molar-refractivity contribution in [3.05, 3.63) is 28.8 Å². The third-order valence-corrected chi connectivity index (χ3v) is 3.48. The number of alkyl halides is 3. The molecule has 2 rings (SSSR count). The van der Waals surface area contributed by atoms with Crippen LogP contribution in [0.1, 0.15) is 46.6 Å². The fourth-order valence-corrected chi connectivity index (χ4v) is 2.07. The van der Waals surface area contributed by atoms with E-state index in [0.29, 0.717) is 5.92 Å². The molecule has 2 atom stereocenters. The van der Waals surface area contributed by atoms with Gasteiger partial charge in [0.2, 0.25) is 0 Å². The fraction of sp³-hybridized carbons (Fsp3) is 0.600. The molecular formula is C15H22ClF3O. The molecule has 0 amide bonds. The minimum absolute atomic E-state index is 0. The molecule has 0 unspecified atom stereocenters. The third-order valence-electron chi connectivity index (χ3n) is 3.09. The molecule has 1 saturated carbocycles. The van der Waals surface area contributed by atoms with E-state index in [4.69, 9.17) is 16.3 Å². The largest absolute Gasteiger partial charge is 0.489 e. The average molecular weight is 311 g/mol. The van der Waals surface area contributed by atoms with Crippen molar-refractivity contribution in [2.45, 2.75) is 53.3 Å². The average Bonchev–Trinajstić information content (AvgIpc) is 2.36. The fourth-order valence-electron chi connectivity index (χ4n) is 1.79. The van der Waals surface area contributed by atoms with Crippen LogP contribution in [0.4, 0.5) is 13.2 Å². The summed E-state index contributed by atoms with van der Waals surface area (Å²) in [6.07, 6.45) is -2.55. The van der Waals surface area contributed by atoms with Gasteiger partial charge >= 0.3 is 6.18 Å². The number of hydrogen-bond donors (Lipinski definition) is 0. The summed E-state index contributed by atoms with van der Waals surface area (Å²) in [4.78, 5) is 0. The van der Waals surface area contributed by atoms with Gasteiger partial charge in [-0.1, -0.05) is 45.9 Å². The van der Waals surface area contributed by atoms with Crippen molar-refractivity contribution < 1.29 is 17.9 Å². The van der Waals surface area contributed by atoms with Crippen molar-refractivity contribution in [2.24, 2.45) is 5.92 Å². The molecular weight excluding hydrogens is 289 g/mol. The number of ether oxygens (including phenoxy) is 1. The summed E-state index contributed by atoms with van der Waals surface area (Å²) < 4.78 is 43.3. The molecule has 1 aliphatic carbocycles. The van der Waals surface area contributed by atoms with Gasteiger partial charge in [0.25, 0.3) is 0 Å². The van der Waals surface area contributed by atoms with Gasteiger partial charge in [0.15, 0.2) is 0 Å². The molecule has 1 aliphatic rings. The first kappa shape index (κ1) is 19.1. The zero-order valence-electron chi connectivity index (χ0n) is 11.2. The molecule has 0 radical (unpaired) electrons. The Bertz CT molecular complexity index is 418. The molecule has 1 fully saturated rings. The van der Waals surface area contributed by atoms with E-state index < -0.39 is 11.7 Å². The minimum Gasteiger partial charge on any atom is -0.489 e. The molecule has 5 heteroatoms. The second kappa shape index (κ2) is 7.77. The van der Waals surface area contributed by atoms with Gasteiger partial charge in [-0.25, -0.2) is 0 Å². The zero-order valence-corrected chi connectivity index (χ0v) is 12.0.